The summed E-state index contributed by atoms with van der Waals surface area (Å²) >= 11 is 0. The summed E-state index contributed by atoms with van der Waals surface area (Å²) in [6.07, 6.45) is 2.81. The zero-order valence-corrected chi connectivity index (χ0v) is 13.6. The molecular weight excluding hydrogens is 234 g/mol. The van der Waals surface area contributed by atoms with Crippen LogP contribution in [0.3, 0.4) is 0 Å². The van der Waals surface area contributed by atoms with E-state index in [1.165, 1.54) is 39.0 Å². The van der Waals surface area contributed by atoms with Crippen LogP contribution in [0.5, 0.6) is 0 Å². The summed E-state index contributed by atoms with van der Waals surface area (Å²) in [6, 6.07) is 2.13. The number of piperazine rings is 1. The van der Waals surface area contributed by atoms with Crippen LogP contribution in [-0.4, -0.2) is 60.6 Å². The third kappa shape index (κ3) is 3.71. The normalized spacial score (nSPS) is 31.4. The number of rotatable bonds is 4. The standard InChI is InChI=1S/C16H33N3/c1-6-17-15(16(3,4)5)12-19-11-14-8-7-9-18(14)10-13(19)2/h13-15,17H,6-12H2,1-5H3. The molecule has 0 aromatic rings. The van der Waals surface area contributed by atoms with Crippen LogP contribution in [-0.2, 0) is 0 Å². The number of hydrogen-bond acceptors (Lipinski definition) is 3. The van der Waals surface area contributed by atoms with Gasteiger partial charge in [0, 0.05) is 37.8 Å². The van der Waals surface area contributed by atoms with Gasteiger partial charge in [0.15, 0.2) is 0 Å². The molecule has 2 rings (SSSR count). The van der Waals surface area contributed by atoms with Gasteiger partial charge in [-0.3, -0.25) is 9.80 Å². The zero-order chi connectivity index (χ0) is 14.0. The van der Waals surface area contributed by atoms with Crippen LogP contribution in [0.15, 0.2) is 0 Å². The van der Waals surface area contributed by atoms with E-state index in [1.54, 1.807) is 0 Å². The van der Waals surface area contributed by atoms with Crippen LogP contribution in [0, 0.1) is 5.41 Å². The molecule has 0 amide bonds. The number of nitrogens with one attached hydrogen (secondary N) is 1. The van der Waals surface area contributed by atoms with E-state index in [2.05, 4.69) is 49.7 Å². The molecule has 0 aromatic carbocycles. The van der Waals surface area contributed by atoms with Crippen LogP contribution in [0.4, 0.5) is 0 Å². The van der Waals surface area contributed by atoms with Crippen molar-refractivity contribution < 1.29 is 0 Å². The molecule has 0 saturated carbocycles. The highest BCUT2D eigenvalue weighted by Crippen LogP contribution is 2.27. The van der Waals surface area contributed by atoms with Crippen molar-refractivity contribution in [2.45, 2.75) is 65.6 Å². The van der Waals surface area contributed by atoms with Crippen molar-refractivity contribution in [1.29, 1.82) is 0 Å². The lowest BCUT2D eigenvalue weighted by Crippen LogP contribution is -2.59. The summed E-state index contributed by atoms with van der Waals surface area (Å²) < 4.78 is 0. The summed E-state index contributed by atoms with van der Waals surface area (Å²) in [6.45, 7) is 17.8. The minimum Gasteiger partial charge on any atom is -0.312 e. The largest absolute Gasteiger partial charge is 0.312 e. The SMILES string of the molecule is CCNC(CN1CC2CCCN2CC1C)C(C)(C)C. The first-order valence-electron chi connectivity index (χ1n) is 8.13. The molecule has 2 aliphatic heterocycles. The molecule has 2 saturated heterocycles. The number of likely N-dealkylation sites (N-methyl/N-ethyl adjacent to an activating group) is 1. The lowest BCUT2D eigenvalue weighted by Gasteiger charge is -2.45. The third-order valence-electron chi connectivity index (χ3n) is 4.98. The fraction of sp³-hybridized carbons (Fsp3) is 1.00. The van der Waals surface area contributed by atoms with Gasteiger partial charge < -0.3 is 5.32 Å². The summed E-state index contributed by atoms with van der Waals surface area (Å²) in [4.78, 5) is 5.44. The molecule has 0 radical (unpaired) electrons. The summed E-state index contributed by atoms with van der Waals surface area (Å²) in [5.41, 5.74) is 0.336. The van der Waals surface area contributed by atoms with Gasteiger partial charge in [0.1, 0.15) is 0 Å². The molecular formula is C16H33N3. The Labute approximate surface area is 119 Å². The van der Waals surface area contributed by atoms with Crippen molar-refractivity contribution in [3.8, 4) is 0 Å². The van der Waals surface area contributed by atoms with Gasteiger partial charge in [-0.25, -0.2) is 0 Å². The molecule has 112 valence electrons. The molecule has 2 fully saturated rings. The summed E-state index contributed by atoms with van der Waals surface area (Å²) in [5.74, 6) is 0. The zero-order valence-electron chi connectivity index (χ0n) is 13.6. The van der Waals surface area contributed by atoms with E-state index in [0.717, 1.165) is 12.6 Å². The van der Waals surface area contributed by atoms with Gasteiger partial charge in [0.05, 0.1) is 0 Å². The Morgan fingerprint density at radius 1 is 1.26 bits per heavy atom. The van der Waals surface area contributed by atoms with Crippen LogP contribution in [0.25, 0.3) is 0 Å². The van der Waals surface area contributed by atoms with Crippen molar-refractivity contribution >= 4 is 0 Å². The Kier molecular flexibility index (Phi) is 4.91. The van der Waals surface area contributed by atoms with E-state index in [4.69, 9.17) is 0 Å². The van der Waals surface area contributed by atoms with Crippen molar-refractivity contribution in [1.82, 2.24) is 15.1 Å². The average molecular weight is 267 g/mol. The summed E-state index contributed by atoms with van der Waals surface area (Å²) in [7, 11) is 0. The minimum atomic E-state index is 0.336. The second-order valence-corrected chi connectivity index (χ2v) is 7.57. The lowest BCUT2D eigenvalue weighted by molar-refractivity contribution is 0.0409. The van der Waals surface area contributed by atoms with E-state index in [1.807, 2.05) is 0 Å². The lowest BCUT2D eigenvalue weighted by atomic mass is 9.85. The van der Waals surface area contributed by atoms with Crippen molar-refractivity contribution in [2.75, 3.05) is 32.7 Å². The number of fused-ring (bicyclic) bond motifs is 1. The van der Waals surface area contributed by atoms with Gasteiger partial charge >= 0.3 is 0 Å². The van der Waals surface area contributed by atoms with Gasteiger partial charge in [0.2, 0.25) is 0 Å². The third-order valence-corrected chi connectivity index (χ3v) is 4.98. The van der Waals surface area contributed by atoms with Gasteiger partial charge in [-0.2, -0.15) is 0 Å². The molecule has 0 aliphatic carbocycles. The van der Waals surface area contributed by atoms with Gasteiger partial charge in [-0.05, 0) is 38.3 Å². The van der Waals surface area contributed by atoms with Crippen LogP contribution in [0.1, 0.15) is 47.5 Å². The molecule has 0 spiro atoms. The second kappa shape index (κ2) is 6.11. The Balaban J connectivity index is 1.96. The maximum absolute atomic E-state index is 3.69. The molecule has 2 heterocycles. The first-order valence-corrected chi connectivity index (χ1v) is 8.13. The van der Waals surface area contributed by atoms with E-state index >= 15 is 0 Å². The molecule has 0 bridgehead atoms. The van der Waals surface area contributed by atoms with E-state index in [9.17, 15) is 0 Å². The van der Waals surface area contributed by atoms with E-state index in [-0.39, 0.29) is 0 Å². The predicted molar refractivity (Wildman–Crippen MR) is 82.5 cm³/mol. The molecule has 2 aliphatic rings. The van der Waals surface area contributed by atoms with E-state index < -0.39 is 0 Å². The maximum atomic E-state index is 3.69. The molecule has 3 unspecified atom stereocenters. The quantitative estimate of drug-likeness (QED) is 0.842. The number of nitrogens with zero attached hydrogens (tertiary/aromatic N) is 2. The Bertz CT molecular complexity index is 284. The van der Waals surface area contributed by atoms with Crippen LogP contribution >= 0.6 is 0 Å². The smallest absolute Gasteiger partial charge is 0.0243 e. The Morgan fingerprint density at radius 3 is 2.63 bits per heavy atom. The topological polar surface area (TPSA) is 18.5 Å². The molecule has 3 nitrogen and oxygen atoms in total. The monoisotopic (exact) mass is 267 g/mol. The minimum absolute atomic E-state index is 0.336. The molecule has 3 heteroatoms. The van der Waals surface area contributed by atoms with Crippen molar-refractivity contribution in [3.05, 3.63) is 0 Å². The highest BCUT2D eigenvalue weighted by molar-refractivity contribution is 4.93. The van der Waals surface area contributed by atoms with Gasteiger partial charge in [-0.15, -0.1) is 0 Å². The fourth-order valence-electron chi connectivity index (χ4n) is 3.63. The highest BCUT2D eigenvalue weighted by Gasteiger charge is 2.36. The van der Waals surface area contributed by atoms with Crippen LogP contribution in [0.2, 0.25) is 0 Å². The average Bonchev–Trinajstić information content (AvgIpc) is 2.74. The predicted octanol–water partition coefficient (Wildman–Crippen LogP) is 2.18. The molecule has 1 N–H and O–H groups in total. The van der Waals surface area contributed by atoms with E-state index in [0.29, 0.717) is 17.5 Å². The first-order chi connectivity index (χ1) is 8.91. The van der Waals surface area contributed by atoms with Gasteiger partial charge in [-0.1, -0.05) is 27.7 Å². The first kappa shape index (κ1) is 15.3. The molecule has 0 aromatic heterocycles. The highest BCUT2D eigenvalue weighted by atomic mass is 15.3. The van der Waals surface area contributed by atoms with Crippen molar-refractivity contribution in [3.63, 3.8) is 0 Å². The van der Waals surface area contributed by atoms with Crippen molar-refractivity contribution in [2.24, 2.45) is 5.41 Å². The summed E-state index contributed by atoms with van der Waals surface area (Å²) in [5, 5.41) is 3.69. The Hall–Kier alpha value is -0.120. The van der Waals surface area contributed by atoms with Crippen LogP contribution < -0.4 is 5.32 Å². The Morgan fingerprint density at radius 2 is 2.00 bits per heavy atom. The second-order valence-electron chi connectivity index (χ2n) is 7.57. The molecule has 19 heavy (non-hydrogen) atoms. The maximum Gasteiger partial charge on any atom is 0.0243 e. The molecule has 3 atom stereocenters. The van der Waals surface area contributed by atoms with Gasteiger partial charge in [0.25, 0.3) is 0 Å². The fourth-order valence-corrected chi connectivity index (χ4v) is 3.63. The number of hydrogen-bond donors (Lipinski definition) is 1.